The molecule has 1 fully saturated rings. The first kappa shape index (κ1) is 20.9. The third kappa shape index (κ3) is 4.30. The number of hydrogen-bond acceptors (Lipinski definition) is 3. The number of nitrogens with zero attached hydrogens (tertiary/aromatic N) is 2. The second-order valence-corrected chi connectivity index (χ2v) is 8.82. The van der Waals surface area contributed by atoms with Crippen molar-refractivity contribution in [2.24, 2.45) is 4.99 Å². The van der Waals surface area contributed by atoms with Gasteiger partial charge in [-0.1, -0.05) is 33.1 Å². The van der Waals surface area contributed by atoms with Gasteiger partial charge >= 0.3 is 0 Å². The number of halogens is 1. The molecule has 2 aromatic heterocycles. The molecule has 1 aliphatic carbocycles. The normalized spacial score (nSPS) is 16.5. The van der Waals surface area contributed by atoms with Crippen molar-refractivity contribution >= 4 is 39.7 Å². The van der Waals surface area contributed by atoms with Crippen molar-refractivity contribution < 1.29 is 0 Å². The van der Waals surface area contributed by atoms with Gasteiger partial charge in [0.1, 0.15) is 0 Å². The Balaban J connectivity index is 0.00000225. The van der Waals surface area contributed by atoms with Crippen LogP contribution in [0.25, 0.3) is 0 Å². The van der Waals surface area contributed by atoms with Crippen LogP contribution in [-0.2, 0) is 12.0 Å². The quantitative estimate of drug-likeness (QED) is 0.416. The van der Waals surface area contributed by atoms with Gasteiger partial charge < -0.3 is 4.57 Å². The van der Waals surface area contributed by atoms with Gasteiger partial charge in [0.25, 0.3) is 0 Å². The van der Waals surface area contributed by atoms with E-state index in [1.807, 2.05) is 22.7 Å². The van der Waals surface area contributed by atoms with Crippen LogP contribution in [0.5, 0.6) is 0 Å². The third-order valence-corrected chi connectivity index (χ3v) is 7.34. The lowest BCUT2D eigenvalue weighted by Crippen LogP contribution is -2.38. The second kappa shape index (κ2) is 9.52. The largest absolute Gasteiger partial charge is 0.320 e. The highest BCUT2D eigenvalue weighted by Gasteiger charge is 2.43. The molecule has 0 amide bonds. The Morgan fingerprint density at radius 2 is 1.88 bits per heavy atom. The van der Waals surface area contributed by atoms with Crippen molar-refractivity contribution in [3.8, 4) is 0 Å². The fraction of sp³-hybridized carbons (Fsp3) is 0.650. The fourth-order valence-corrected chi connectivity index (χ4v) is 5.76. The molecular formula is C20H31BrN2S2. The second-order valence-electron chi connectivity index (χ2n) is 7.07. The maximum atomic E-state index is 4.93. The van der Waals surface area contributed by atoms with Crippen LogP contribution in [0.1, 0.15) is 74.9 Å². The summed E-state index contributed by atoms with van der Waals surface area (Å²) in [5, 5.41) is 4.72. The summed E-state index contributed by atoms with van der Waals surface area (Å²) >= 11 is 3.81. The van der Waals surface area contributed by atoms with Crippen molar-refractivity contribution in [1.29, 1.82) is 0 Å². The van der Waals surface area contributed by atoms with E-state index < -0.39 is 0 Å². The lowest BCUT2D eigenvalue weighted by molar-refractivity contribution is 0.287. The molecule has 2 nitrogen and oxygen atoms in total. The van der Waals surface area contributed by atoms with Gasteiger partial charge in [-0.2, -0.15) is 0 Å². The summed E-state index contributed by atoms with van der Waals surface area (Å²) in [6.45, 7) is 8.82. The molecule has 25 heavy (non-hydrogen) atoms. The van der Waals surface area contributed by atoms with E-state index >= 15 is 0 Å². The van der Waals surface area contributed by atoms with Gasteiger partial charge in [-0.15, -0.1) is 39.7 Å². The van der Waals surface area contributed by atoms with Crippen molar-refractivity contribution in [3.05, 3.63) is 37.8 Å². The zero-order valence-electron chi connectivity index (χ0n) is 15.7. The van der Waals surface area contributed by atoms with Crippen LogP contribution >= 0.6 is 39.7 Å². The highest BCUT2D eigenvalue weighted by molar-refractivity contribution is 8.93. The Labute approximate surface area is 170 Å². The molecule has 2 aromatic rings. The van der Waals surface area contributed by atoms with Crippen LogP contribution in [-0.4, -0.2) is 11.1 Å². The van der Waals surface area contributed by atoms with Crippen LogP contribution in [0.2, 0.25) is 0 Å². The Morgan fingerprint density at radius 1 is 1.12 bits per heavy atom. The number of thiazole rings is 1. The predicted octanol–water partition coefficient (Wildman–Crippen LogP) is 6.47. The Bertz CT molecular complexity index is 722. The number of aryl methyl sites for hydroxylation is 1. The summed E-state index contributed by atoms with van der Waals surface area (Å²) in [5.41, 5.74) is 3.20. The van der Waals surface area contributed by atoms with Gasteiger partial charge in [-0.3, -0.25) is 4.99 Å². The van der Waals surface area contributed by atoms with Gasteiger partial charge in [-0.25, -0.2) is 0 Å². The minimum atomic E-state index is 0. The average Bonchev–Trinajstić information content (AvgIpc) is 3.13. The van der Waals surface area contributed by atoms with Crippen LogP contribution in [0.15, 0.2) is 21.8 Å². The molecule has 1 saturated carbocycles. The molecule has 0 aromatic carbocycles. The summed E-state index contributed by atoms with van der Waals surface area (Å²) in [4.78, 5) is 7.73. The first-order valence-corrected chi connectivity index (χ1v) is 11.2. The van der Waals surface area contributed by atoms with E-state index in [4.69, 9.17) is 4.99 Å². The smallest absolute Gasteiger partial charge is 0.184 e. The maximum Gasteiger partial charge on any atom is 0.184 e. The first-order valence-electron chi connectivity index (χ1n) is 9.46. The molecule has 5 heteroatoms. The average molecular weight is 444 g/mol. The van der Waals surface area contributed by atoms with Gasteiger partial charge in [0, 0.05) is 34.5 Å². The molecule has 1 aliphatic rings. The standard InChI is InChI=1S/C20H30N2S2.BrH/c1-4-6-11-21-19-22(12-7-5-2)17(15-24-19)20(9-8-10-20)18-13-16(3)14-23-18;/h13-15H,4-12H2,1-3H3;1H. The molecule has 140 valence electrons. The summed E-state index contributed by atoms with van der Waals surface area (Å²) in [6.07, 6.45) is 8.83. The highest BCUT2D eigenvalue weighted by Crippen LogP contribution is 2.51. The molecule has 0 atom stereocenters. The molecule has 0 N–H and O–H groups in total. The van der Waals surface area contributed by atoms with Gasteiger partial charge in [0.15, 0.2) is 4.80 Å². The van der Waals surface area contributed by atoms with Crippen molar-refractivity contribution in [2.45, 2.75) is 77.7 Å². The van der Waals surface area contributed by atoms with Crippen molar-refractivity contribution in [2.75, 3.05) is 6.54 Å². The van der Waals surface area contributed by atoms with E-state index in [0.29, 0.717) is 0 Å². The monoisotopic (exact) mass is 442 g/mol. The lowest BCUT2D eigenvalue weighted by Gasteiger charge is -2.42. The van der Waals surface area contributed by atoms with Crippen molar-refractivity contribution in [1.82, 2.24) is 4.57 Å². The van der Waals surface area contributed by atoms with Crippen LogP contribution in [0.3, 0.4) is 0 Å². The molecular weight excluding hydrogens is 412 g/mol. The lowest BCUT2D eigenvalue weighted by atomic mass is 9.65. The first-order chi connectivity index (χ1) is 11.7. The van der Waals surface area contributed by atoms with Crippen molar-refractivity contribution in [3.63, 3.8) is 0 Å². The number of unbranched alkanes of at least 4 members (excludes halogenated alkanes) is 2. The molecule has 2 heterocycles. The number of rotatable bonds is 8. The van der Waals surface area contributed by atoms with E-state index in [-0.39, 0.29) is 22.4 Å². The zero-order valence-corrected chi connectivity index (χ0v) is 19.1. The Hall–Kier alpha value is -0.390. The fourth-order valence-electron chi connectivity index (χ4n) is 3.54. The Morgan fingerprint density at radius 3 is 2.44 bits per heavy atom. The molecule has 0 bridgehead atoms. The SMILES string of the molecule is Br.CCCCN=c1scc(C2(c3cc(C)cs3)CCC2)n1CCCC. The van der Waals surface area contributed by atoms with E-state index in [1.165, 1.54) is 61.0 Å². The number of aromatic nitrogens is 1. The molecule has 0 spiro atoms. The van der Waals surface area contributed by atoms with E-state index in [9.17, 15) is 0 Å². The van der Waals surface area contributed by atoms with Gasteiger partial charge in [0.2, 0.25) is 0 Å². The molecule has 0 saturated heterocycles. The van der Waals surface area contributed by atoms with Crippen LogP contribution < -0.4 is 4.80 Å². The highest BCUT2D eigenvalue weighted by atomic mass is 79.9. The predicted molar refractivity (Wildman–Crippen MR) is 117 cm³/mol. The Kier molecular flexibility index (Phi) is 7.96. The summed E-state index contributed by atoms with van der Waals surface area (Å²) < 4.78 is 2.55. The van der Waals surface area contributed by atoms with Crippen LogP contribution in [0.4, 0.5) is 0 Å². The number of hydrogen-bond donors (Lipinski definition) is 0. The molecule has 3 rings (SSSR count). The van der Waals surface area contributed by atoms with Crippen LogP contribution in [0, 0.1) is 6.92 Å². The maximum absolute atomic E-state index is 4.93. The summed E-state index contributed by atoms with van der Waals surface area (Å²) in [6, 6.07) is 2.42. The number of thiophene rings is 1. The van der Waals surface area contributed by atoms with Gasteiger partial charge in [-0.05, 0) is 49.6 Å². The van der Waals surface area contributed by atoms with Gasteiger partial charge in [0.05, 0.1) is 0 Å². The minimum absolute atomic E-state index is 0. The zero-order chi connectivity index (χ0) is 17.0. The molecule has 0 unspecified atom stereocenters. The molecule has 0 radical (unpaired) electrons. The topological polar surface area (TPSA) is 17.3 Å². The third-order valence-electron chi connectivity index (χ3n) is 5.19. The summed E-state index contributed by atoms with van der Waals surface area (Å²) in [7, 11) is 0. The molecule has 0 aliphatic heterocycles. The minimum Gasteiger partial charge on any atom is -0.320 e. The van der Waals surface area contributed by atoms with E-state index in [1.54, 1.807) is 4.88 Å². The summed E-state index contributed by atoms with van der Waals surface area (Å²) in [5.74, 6) is 0. The van der Waals surface area contributed by atoms with E-state index in [0.717, 1.165) is 13.1 Å². The van der Waals surface area contributed by atoms with E-state index in [2.05, 4.69) is 42.2 Å².